The summed E-state index contributed by atoms with van der Waals surface area (Å²) in [6, 6.07) is 3.12. The number of nitrogens with zero attached hydrogens (tertiary/aromatic N) is 6. The molecular weight excluding hydrogens is 435 g/mol. The van der Waals surface area contributed by atoms with Crippen LogP contribution >= 0.6 is 0 Å². The largest absolute Gasteiger partial charge is 0.417 e. The SMILES string of the molecule is O=C(c1nnc(-c2cnn3c(=O)cc(-c4ccc(C(F)(F)F)cn4)[nH]c23)o1)N1CC(O)C1. The Hall–Kier alpha value is -4.07. The lowest BCUT2D eigenvalue weighted by Gasteiger charge is -2.34. The van der Waals surface area contributed by atoms with Gasteiger partial charge in [-0.1, -0.05) is 0 Å². The van der Waals surface area contributed by atoms with E-state index in [2.05, 4.69) is 25.3 Å². The first-order valence-corrected chi connectivity index (χ1v) is 9.16. The van der Waals surface area contributed by atoms with Crippen molar-refractivity contribution in [3.63, 3.8) is 0 Å². The third-order valence-corrected chi connectivity index (χ3v) is 4.85. The molecule has 164 valence electrons. The second kappa shape index (κ2) is 6.98. The predicted molar refractivity (Wildman–Crippen MR) is 99.2 cm³/mol. The third-order valence-electron chi connectivity index (χ3n) is 4.85. The summed E-state index contributed by atoms with van der Waals surface area (Å²) in [5.41, 5.74) is -0.937. The number of carbonyl (C=O) groups is 1. The molecule has 0 aromatic carbocycles. The van der Waals surface area contributed by atoms with Crippen molar-refractivity contribution in [3.8, 4) is 22.8 Å². The highest BCUT2D eigenvalue weighted by molar-refractivity contribution is 5.90. The van der Waals surface area contributed by atoms with Crippen molar-refractivity contribution < 1.29 is 27.5 Å². The van der Waals surface area contributed by atoms with E-state index in [0.717, 1.165) is 22.7 Å². The van der Waals surface area contributed by atoms with Gasteiger partial charge in [0.2, 0.25) is 0 Å². The number of hydrogen-bond acceptors (Lipinski definition) is 8. The van der Waals surface area contributed by atoms with Crippen molar-refractivity contribution in [2.24, 2.45) is 0 Å². The van der Waals surface area contributed by atoms with Crippen molar-refractivity contribution in [2.75, 3.05) is 13.1 Å². The van der Waals surface area contributed by atoms with Crippen LogP contribution in [-0.2, 0) is 6.18 Å². The lowest BCUT2D eigenvalue weighted by atomic mass is 10.2. The Kier molecular flexibility index (Phi) is 4.33. The van der Waals surface area contributed by atoms with Gasteiger partial charge in [-0.25, -0.2) is 0 Å². The molecule has 4 aromatic rings. The fourth-order valence-electron chi connectivity index (χ4n) is 3.17. The van der Waals surface area contributed by atoms with Crippen LogP contribution < -0.4 is 5.56 Å². The standard InChI is InChI=1S/C18H12F3N7O4/c19-18(20,21)8-1-2-11(22-4-8)12-3-13(30)28-14(24-12)10(5-23-28)15-25-26-16(32-15)17(31)27-6-9(29)7-27/h1-5,9,24,29H,6-7H2. The Morgan fingerprint density at radius 2 is 2.00 bits per heavy atom. The number of aliphatic hydroxyl groups excluding tert-OH is 1. The van der Waals surface area contributed by atoms with Crippen molar-refractivity contribution >= 4 is 11.6 Å². The molecule has 32 heavy (non-hydrogen) atoms. The van der Waals surface area contributed by atoms with Gasteiger partial charge < -0.3 is 19.4 Å². The van der Waals surface area contributed by atoms with E-state index in [1.807, 2.05) is 0 Å². The maximum Gasteiger partial charge on any atom is 0.417 e. The average Bonchev–Trinajstić information content (AvgIpc) is 3.37. The van der Waals surface area contributed by atoms with Crippen LogP contribution in [0.4, 0.5) is 13.2 Å². The highest BCUT2D eigenvalue weighted by Gasteiger charge is 2.33. The number of carbonyl (C=O) groups excluding carboxylic acids is 1. The molecule has 0 spiro atoms. The summed E-state index contributed by atoms with van der Waals surface area (Å²) in [6.45, 7) is 0.314. The summed E-state index contributed by atoms with van der Waals surface area (Å²) in [7, 11) is 0. The molecule has 1 aliphatic rings. The second-order valence-corrected chi connectivity index (χ2v) is 7.05. The maximum atomic E-state index is 12.8. The van der Waals surface area contributed by atoms with Crippen LogP contribution in [0.25, 0.3) is 28.5 Å². The first kappa shape index (κ1) is 19.9. The minimum absolute atomic E-state index is 0.0994. The number of nitrogens with one attached hydrogen (secondary N) is 1. The van der Waals surface area contributed by atoms with E-state index < -0.39 is 29.3 Å². The maximum absolute atomic E-state index is 12.8. The van der Waals surface area contributed by atoms with Gasteiger partial charge in [0.25, 0.3) is 11.4 Å². The van der Waals surface area contributed by atoms with E-state index in [4.69, 9.17) is 4.42 Å². The average molecular weight is 447 g/mol. The number of H-pyrrole nitrogens is 1. The van der Waals surface area contributed by atoms with Gasteiger partial charge >= 0.3 is 18.0 Å². The fraction of sp³-hybridized carbons (Fsp3) is 0.222. The molecule has 4 aromatic heterocycles. The minimum atomic E-state index is -4.54. The monoisotopic (exact) mass is 447 g/mol. The van der Waals surface area contributed by atoms with Crippen molar-refractivity contribution in [1.82, 2.24) is 34.7 Å². The quantitative estimate of drug-likeness (QED) is 0.473. The van der Waals surface area contributed by atoms with Gasteiger partial charge in [-0.15, -0.1) is 10.2 Å². The number of fused-ring (bicyclic) bond motifs is 1. The summed E-state index contributed by atoms with van der Waals surface area (Å²) in [6.07, 6.45) is -3.20. The van der Waals surface area contributed by atoms with E-state index in [1.165, 1.54) is 11.1 Å². The Morgan fingerprint density at radius 3 is 2.66 bits per heavy atom. The first-order valence-electron chi connectivity index (χ1n) is 9.16. The van der Waals surface area contributed by atoms with Gasteiger partial charge in [-0.2, -0.15) is 22.8 Å². The fourth-order valence-corrected chi connectivity index (χ4v) is 3.17. The topological polar surface area (TPSA) is 143 Å². The van der Waals surface area contributed by atoms with E-state index >= 15 is 0 Å². The van der Waals surface area contributed by atoms with Crippen LogP contribution in [0.2, 0.25) is 0 Å². The second-order valence-electron chi connectivity index (χ2n) is 7.05. The van der Waals surface area contributed by atoms with E-state index in [0.29, 0.717) is 6.20 Å². The highest BCUT2D eigenvalue weighted by atomic mass is 19.4. The Bertz CT molecular complexity index is 1380. The summed E-state index contributed by atoms with van der Waals surface area (Å²) in [4.78, 5) is 32.7. The van der Waals surface area contributed by atoms with E-state index in [1.54, 1.807) is 0 Å². The highest BCUT2D eigenvalue weighted by Crippen LogP contribution is 2.30. The lowest BCUT2D eigenvalue weighted by Crippen LogP contribution is -2.53. The van der Waals surface area contributed by atoms with Gasteiger partial charge in [0, 0.05) is 25.4 Å². The first-order chi connectivity index (χ1) is 15.2. The summed E-state index contributed by atoms with van der Waals surface area (Å²) in [5, 5.41) is 20.8. The molecule has 5 rings (SSSR count). The van der Waals surface area contributed by atoms with E-state index in [9.17, 15) is 27.9 Å². The Balaban J connectivity index is 1.51. The van der Waals surface area contributed by atoms with Crippen LogP contribution in [0.5, 0.6) is 0 Å². The molecule has 1 amide bonds. The van der Waals surface area contributed by atoms with Crippen LogP contribution in [0.15, 0.2) is 39.8 Å². The molecule has 1 aliphatic heterocycles. The molecule has 0 atom stereocenters. The van der Waals surface area contributed by atoms with Crippen molar-refractivity contribution in [1.29, 1.82) is 0 Å². The van der Waals surface area contributed by atoms with Crippen molar-refractivity contribution in [3.05, 3.63) is 52.4 Å². The van der Waals surface area contributed by atoms with Gasteiger partial charge in [0.15, 0.2) is 5.65 Å². The molecule has 2 N–H and O–H groups in total. The third kappa shape index (κ3) is 3.30. The normalized spacial score (nSPS) is 14.7. The molecule has 11 nitrogen and oxygen atoms in total. The summed E-state index contributed by atoms with van der Waals surface area (Å²) >= 11 is 0. The molecule has 0 radical (unpaired) electrons. The number of amides is 1. The Morgan fingerprint density at radius 1 is 1.22 bits per heavy atom. The molecular formula is C18H12F3N7O4. The lowest BCUT2D eigenvalue weighted by molar-refractivity contribution is -0.137. The summed E-state index contributed by atoms with van der Waals surface area (Å²) in [5.74, 6) is -0.944. The number of likely N-dealkylation sites (tertiary alicyclic amines) is 1. The van der Waals surface area contributed by atoms with Crippen LogP contribution in [0, 0.1) is 0 Å². The van der Waals surface area contributed by atoms with E-state index in [-0.39, 0.29) is 47.5 Å². The molecule has 1 saturated heterocycles. The van der Waals surface area contributed by atoms with Crippen LogP contribution in [-0.4, -0.2) is 64.9 Å². The van der Waals surface area contributed by atoms with Crippen LogP contribution in [0.3, 0.4) is 0 Å². The molecule has 14 heteroatoms. The smallest absolute Gasteiger partial charge is 0.412 e. The Labute approximate surface area is 175 Å². The molecule has 0 aliphatic carbocycles. The number of aliphatic hydroxyl groups is 1. The molecule has 5 heterocycles. The molecule has 0 unspecified atom stereocenters. The zero-order chi connectivity index (χ0) is 22.6. The number of hydrogen-bond donors (Lipinski definition) is 2. The minimum Gasteiger partial charge on any atom is -0.412 e. The van der Waals surface area contributed by atoms with Gasteiger partial charge in [0.05, 0.1) is 29.3 Å². The number of alkyl halides is 3. The number of halogens is 3. The van der Waals surface area contributed by atoms with Gasteiger partial charge in [-0.05, 0) is 12.1 Å². The zero-order valence-corrected chi connectivity index (χ0v) is 15.9. The van der Waals surface area contributed by atoms with Crippen molar-refractivity contribution in [2.45, 2.75) is 12.3 Å². The number of aromatic nitrogens is 6. The molecule has 1 fully saturated rings. The number of β-amino-alcohol motifs (C(OH)–C–C–N with tert-alkyl or cyclic N) is 1. The number of pyridine rings is 1. The number of aromatic amines is 1. The van der Waals surface area contributed by atoms with Crippen LogP contribution in [0.1, 0.15) is 16.2 Å². The predicted octanol–water partition coefficient (Wildman–Crippen LogP) is 0.970. The zero-order valence-electron chi connectivity index (χ0n) is 15.9. The molecule has 0 bridgehead atoms. The van der Waals surface area contributed by atoms with Gasteiger partial charge in [0.1, 0.15) is 5.56 Å². The summed E-state index contributed by atoms with van der Waals surface area (Å²) < 4.78 is 44.7. The molecule has 0 saturated carbocycles. The number of rotatable bonds is 3. The van der Waals surface area contributed by atoms with Gasteiger partial charge in [-0.3, -0.25) is 14.6 Å².